The van der Waals surface area contributed by atoms with Gasteiger partial charge in [-0.1, -0.05) is 23.2 Å². The number of hydrogen-bond acceptors (Lipinski definition) is 6. The minimum absolute atomic E-state index is 0.0164. The number of piperidine rings is 1. The number of halogens is 3. The van der Waals surface area contributed by atoms with Crippen LogP contribution in [-0.2, 0) is 4.84 Å². The zero-order chi connectivity index (χ0) is 20.4. The Morgan fingerprint density at radius 1 is 1.21 bits per heavy atom. The number of carbonyl (C=O) groups excluding carboxylic acids is 2. The van der Waals surface area contributed by atoms with Crippen molar-refractivity contribution >= 4 is 46.7 Å². The van der Waals surface area contributed by atoms with Crippen LogP contribution < -0.4 is 5.32 Å². The van der Waals surface area contributed by atoms with Crippen LogP contribution in [0.25, 0.3) is 0 Å². The maximum Gasteiger partial charge on any atom is 0.376 e. The molecule has 2 aromatic rings. The number of carbonyl (C=O) groups is 2. The molecule has 0 spiro atoms. The minimum Gasteiger partial charge on any atom is -0.363 e. The molecule has 2 aromatic heterocycles. The first kappa shape index (κ1) is 20.9. The molecule has 0 bridgehead atoms. The van der Waals surface area contributed by atoms with Crippen molar-refractivity contribution in [3.8, 4) is 0 Å². The third-order valence-electron chi connectivity index (χ3n) is 4.42. The Hall–Kier alpha value is -1.87. The van der Waals surface area contributed by atoms with Gasteiger partial charge in [0.2, 0.25) is 5.28 Å². The summed E-state index contributed by atoms with van der Waals surface area (Å²) in [4.78, 5) is 40.7. The van der Waals surface area contributed by atoms with Crippen molar-refractivity contribution in [2.75, 3.05) is 13.1 Å². The molecule has 0 aliphatic carbocycles. The molecule has 3 heterocycles. The summed E-state index contributed by atoms with van der Waals surface area (Å²) in [6, 6.07) is -0.0730. The van der Waals surface area contributed by atoms with Gasteiger partial charge in [0.25, 0.3) is 5.91 Å². The molecule has 150 valence electrons. The zero-order valence-electron chi connectivity index (χ0n) is 15.2. The van der Waals surface area contributed by atoms with Crippen LogP contribution in [0.15, 0.2) is 6.20 Å². The number of rotatable bonds is 4. The highest BCUT2D eigenvalue weighted by Gasteiger charge is 2.26. The van der Waals surface area contributed by atoms with E-state index in [-0.39, 0.29) is 33.6 Å². The number of nitrogens with one attached hydrogen (secondary N) is 2. The van der Waals surface area contributed by atoms with E-state index < -0.39 is 5.97 Å². The second kappa shape index (κ2) is 8.65. The fraction of sp³-hybridized carbons (Fsp3) is 0.412. The van der Waals surface area contributed by atoms with E-state index in [9.17, 15) is 9.59 Å². The smallest absolute Gasteiger partial charge is 0.363 e. The molecule has 11 heteroatoms. The van der Waals surface area contributed by atoms with E-state index >= 15 is 0 Å². The first-order valence-electron chi connectivity index (χ1n) is 8.57. The Morgan fingerprint density at radius 3 is 2.50 bits per heavy atom. The summed E-state index contributed by atoms with van der Waals surface area (Å²) in [5.41, 5.74) is 1.59. The topological polar surface area (TPSA) is 100 Å². The van der Waals surface area contributed by atoms with Crippen LogP contribution in [0.4, 0.5) is 0 Å². The van der Waals surface area contributed by atoms with Crippen molar-refractivity contribution in [3.05, 3.63) is 44.2 Å². The van der Waals surface area contributed by atoms with Crippen LogP contribution in [0.1, 0.15) is 45.1 Å². The number of hydrogen-bond donors (Lipinski definition) is 2. The predicted octanol–water partition coefficient (Wildman–Crippen LogP) is 3.35. The predicted molar refractivity (Wildman–Crippen MR) is 105 cm³/mol. The lowest BCUT2D eigenvalue weighted by molar-refractivity contribution is -0.122. The largest absolute Gasteiger partial charge is 0.376 e. The Bertz CT molecular complexity index is 910. The maximum absolute atomic E-state index is 12.4. The van der Waals surface area contributed by atoms with Gasteiger partial charge in [0.15, 0.2) is 5.69 Å². The summed E-state index contributed by atoms with van der Waals surface area (Å²) in [6.45, 7) is 4.37. The van der Waals surface area contributed by atoms with E-state index in [1.807, 2.05) is 0 Å². The van der Waals surface area contributed by atoms with Crippen LogP contribution in [0.3, 0.4) is 0 Å². The fourth-order valence-corrected chi connectivity index (χ4v) is 3.41. The maximum atomic E-state index is 12.4. The number of aromatic amines is 1. The van der Waals surface area contributed by atoms with Crippen molar-refractivity contribution in [2.24, 2.45) is 0 Å². The van der Waals surface area contributed by atoms with Gasteiger partial charge in [-0.2, -0.15) is 0 Å². The molecule has 1 aliphatic heterocycles. The van der Waals surface area contributed by atoms with E-state index in [0.29, 0.717) is 42.2 Å². The summed E-state index contributed by atoms with van der Waals surface area (Å²) in [7, 11) is 0. The van der Waals surface area contributed by atoms with Crippen LogP contribution >= 0.6 is 34.8 Å². The minimum atomic E-state index is -0.590. The molecule has 0 radical (unpaired) electrons. The molecular weight excluding hydrogens is 429 g/mol. The zero-order valence-corrected chi connectivity index (χ0v) is 17.5. The average molecular weight is 447 g/mol. The van der Waals surface area contributed by atoms with Crippen LogP contribution in [-0.4, -0.2) is 51.0 Å². The van der Waals surface area contributed by atoms with Crippen LogP contribution in [0, 0.1) is 13.8 Å². The van der Waals surface area contributed by atoms with Crippen LogP contribution in [0.5, 0.6) is 0 Å². The molecule has 0 unspecified atom stereocenters. The fourth-order valence-electron chi connectivity index (χ4n) is 2.86. The molecule has 2 N–H and O–H groups in total. The third kappa shape index (κ3) is 4.57. The molecule has 0 aromatic carbocycles. The van der Waals surface area contributed by atoms with Crippen molar-refractivity contribution < 1.29 is 14.4 Å². The number of hydroxylamine groups is 2. The van der Waals surface area contributed by atoms with E-state index in [0.717, 1.165) is 0 Å². The standard InChI is InChI=1S/C17H18Cl3N5O3/c1-8-7-21-17(20)24-13(8)16(27)28-25-5-3-10(4-6-25)23-15(26)14-12(19)11(18)9(2)22-14/h7,10,22H,3-6H2,1-2H3,(H,23,26). The summed E-state index contributed by atoms with van der Waals surface area (Å²) < 4.78 is 0. The third-order valence-corrected chi connectivity index (χ3v) is 5.55. The quantitative estimate of drug-likeness (QED) is 0.699. The molecule has 28 heavy (non-hydrogen) atoms. The highest BCUT2D eigenvalue weighted by molar-refractivity contribution is 6.44. The van der Waals surface area contributed by atoms with E-state index in [1.165, 1.54) is 6.20 Å². The van der Waals surface area contributed by atoms with Gasteiger partial charge in [-0.15, -0.1) is 5.06 Å². The number of H-pyrrole nitrogens is 1. The molecular formula is C17H18Cl3N5O3. The van der Waals surface area contributed by atoms with Gasteiger partial charge in [-0.05, 0) is 38.3 Å². The molecule has 0 atom stereocenters. The van der Waals surface area contributed by atoms with Crippen molar-refractivity contribution in [3.63, 3.8) is 0 Å². The summed E-state index contributed by atoms with van der Waals surface area (Å²) in [5, 5.41) is 5.00. The van der Waals surface area contributed by atoms with E-state index in [4.69, 9.17) is 39.6 Å². The number of aromatic nitrogens is 3. The first-order valence-corrected chi connectivity index (χ1v) is 9.70. The molecule has 1 saturated heterocycles. The van der Waals surface area contributed by atoms with E-state index in [2.05, 4.69) is 20.3 Å². The second-order valence-electron chi connectivity index (χ2n) is 6.48. The molecule has 1 amide bonds. The van der Waals surface area contributed by atoms with Gasteiger partial charge in [0, 0.05) is 36.6 Å². The summed E-state index contributed by atoms with van der Waals surface area (Å²) >= 11 is 17.8. The SMILES string of the molecule is Cc1cnc(Cl)nc1C(=O)ON1CCC(NC(=O)c2[nH]c(C)c(Cl)c2Cl)CC1. The van der Waals surface area contributed by atoms with Gasteiger partial charge in [-0.25, -0.2) is 14.8 Å². The molecule has 8 nitrogen and oxygen atoms in total. The highest BCUT2D eigenvalue weighted by Crippen LogP contribution is 2.29. The summed E-state index contributed by atoms with van der Waals surface area (Å²) in [5.74, 6) is -0.908. The second-order valence-corrected chi connectivity index (χ2v) is 7.57. The lowest BCUT2D eigenvalue weighted by Gasteiger charge is -2.30. The monoisotopic (exact) mass is 445 g/mol. The molecule has 0 saturated carbocycles. The average Bonchev–Trinajstić information content (AvgIpc) is 2.92. The van der Waals surface area contributed by atoms with Crippen molar-refractivity contribution in [2.45, 2.75) is 32.7 Å². The number of nitrogens with zero attached hydrogens (tertiary/aromatic N) is 3. The molecule has 1 fully saturated rings. The Labute approximate surface area is 176 Å². The van der Waals surface area contributed by atoms with E-state index in [1.54, 1.807) is 18.9 Å². The summed E-state index contributed by atoms with van der Waals surface area (Å²) in [6.07, 6.45) is 2.68. The Kier molecular flexibility index (Phi) is 6.44. The van der Waals surface area contributed by atoms with Gasteiger partial charge in [0.1, 0.15) is 5.69 Å². The number of aryl methyl sites for hydroxylation is 2. The van der Waals surface area contributed by atoms with Gasteiger partial charge >= 0.3 is 5.97 Å². The first-order chi connectivity index (χ1) is 13.3. The normalized spacial score (nSPS) is 15.5. The molecule has 3 rings (SSSR count). The Morgan fingerprint density at radius 2 is 1.89 bits per heavy atom. The Balaban J connectivity index is 1.53. The lowest BCUT2D eigenvalue weighted by atomic mass is 10.1. The highest BCUT2D eigenvalue weighted by atomic mass is 35.5. The molecule has 1 aliphatic rings. The van der Waals surface area contributed by atoms with Crippen molar-refractivity contribution in [1.82, 2.24) is 25.3 Å². The van der Waals surface area contributed by atoms with Gasteiger partial charge < -0.3 is 15.1 Å². The number of amides is 1. The van der Waals surface area contributed by atoms with Crippen molar-refractivity contribution in [1.29, 1.82) is 0 Å². The van der Waals surface area contributed by atoms with Gasteiger partial charge in [0.05, 0.1) is 10.0 Å². The van der Waals surface area contributed by atoms with Crippen LogP contribution in [0.2, 0.25) is 15.3 Å². The lowest BCUT2D eigenvalue weighted by Crippen LogP contribution is -2.45. The van der Waals surface area contributed by atoms with Gasteiger partial charge in [-0.3, -0.25) is 4.79 Å².